The van der Waals surface area contributed by atoms with Gasteiger partial charge in [-0.15, -0.1) is 10.2 Å². The molecule has 0 saturated carbocycles. The average Bonchev–Trinajstić information content (AvgIpc) is 3.13. The Bertz CT molecular complexity index is 1230. The van der Waals surface area contributed by atoms with Gasteiger partial charge in [-0.25, -0.2) is 4.79 Å². The van der Waals surface area contributed by atoms with Crippen molar-refractivity contribution >= 4 is 57.1 Å². The van der Waals surface area contributed by atoms with E-state index in [9.17, 15) is 14.4 Å². The molecule has 0 spiro atoms. The Balaban J connectivity index is 1.71. The van der Waals surface area contributed by atoms with E-state index < -0.39 is 17.0 Å². The molecule has 3 rings (SSSR count). The van der Waals surface area contributed by atoms with Gasteiger partial charge in [0.25, 0.3) is 5.56 Å². The fraction of sp³-hybridized carbons (Fsp3) is 0.316. The van der Waals surface area contributed by atoms with E-state index in [1.165, 1.54) is 15.9 Å². The number of aromatic nitrogens is 4. The van der Waals surface area contributed by atoms with Gasteiger partial charge in [0.2, 0.25) is 5.13 Å². The number of carbonyl (C=O) groups is 1. The molecule has 2 heterocycles. The third-order valence-electron chi connectivity index (χ3n) is 4.22. The Morgan fingerprint density at radius 3 is 2.77 bits per heavy atom. The number of Topliss-reactive ketones (excluding diaryl/α,β-unsaturated/α-hetero) is 1. The predicted octanol–water partition coefficient (Wildman–Crippen LogP) is 3.31. The average molecular weight is 481 g/mol. The van der Waals surface area contributed by atoms with Gasteiger partial charge in [-0.05, 0) is 30.5 Å². The highest BCUT2D eigenvalue weighted by Gasteiger charge is 2.20. The minimum atomic E-state index is -0.788. The van der Waals surface area contributed by atoms with E-state index in [0.717, 1.165) is 23.0 Å². The summed E-state index contributed by atoms with van der Waals surface area (Å²) in [6, 6.07) is 5.55. The monoisotopic (exact) mass is 480 g/mol. The largest absolute Gasteiger partial charge is 0.384 e. The molecule has 1 aromatic carbocycles. The highest BCUT2D eigenvalue weighted by Crippen LogP contribution is 2.29. The molecular weight excluding hydrogens is 460 g/mol. The van der Waals surface area contributed by atoms with Gasteiger partial charge in [-0.2, -0.15) is 0 Å². The van der Waals surface area contributed by atoms with Crippen LogP contribution < -0.4 is 22.3 Å². The molecule has 0 fully saturated rings. The summed E-state index contributed by atoms with van der Waals surface area (Å²) >= 11 is 8.52. The number of carbonyl (C=O) groups excluding carboxylic acids is 1. The number of aromatic amines is 1. The zero-order chi connectivity index (χ0) is 22.7. The Morgan fingerprint density at radius 1 is 1.35 bits per heavy atom. The summed E-state index contributed by atoms with van der Waals surface area (Å²) in [5, 5.41) is 12.4. The van der Waals surface area contributed by atoms with Gasteiger partial charge in [0, 0.05) is 17.3 Å². The quantitative estimate of drug-likeness (QED) is 0.330. The van der Waals surface area contributed by atoms with Crippen LogP contribution in [0, 0.1) is 12.8 Å². The van der Waals surface area contributed by atoms with Crippen LogP contribution in [0.1, 0.15) is 29.8 Å². The number of hydrogen-bond acceptors (Lipinski definition) is 9. The van der Waals surface area contributed by atoms with Gasteiger partial charge >= 0.3 is 5.69 Å². The van der Waals surface area contributed by atoms with E-state index in [4.69, 9.17) is 17.3 Å². The molecule has 0 aliphatic rings. The van der Waals surface area contributed by atoms with Gasteiger partial charge in [0.15, 0.2) is 10.1 Å². The fourth-order valence-electron chi connectivity index (χ4n) is 2.72. The van der Waals surface area contributed by atoms with Gasteiger partial charge in [-0.1, -0.05) is 54.6 Å². The Morgan fingerprint density at radius 2 is 2.10 bits per heavy atom. The molecule has 0 radical (unpaired) electrons. The third kappa shape index (κ3) is 5.54. The van der Waals surface area contributed by atoms with Crippen molar-refractivity contribution in [2.75, 3.05) is 16.8 Å². The molecule has 0 amide bonds. The number of nitrogen functional groups attached to an aromatic ring is 1. The smallest absolute Gasteiger partial charge is 0.329 e. The van der Waals surface area contributed by atoms with Crippen LogP contribution in [0.5, 0.6) is 0 Å². The summed E-state index contributed by atoms with van der Waals surface area (Å²) in [6.45, 7) is 6.01. The van der Waals surface area contributed by atoms with Crippen LogP contribution in [0.2, 0.25) is 5.02 Å². The lowest BCUT2D eigenvalue weighted by Gasteiger charge is -2.13. The number of hydrogen-bond donors (Lipinski definition) is 3. The van der Waals surface area contributed by atoms with Crippen LogP contribution in [-0.2, 0) is 6.54 Å². The molecule has 4 N–H and O–H groups in total. The van der Waals surface area contributed by atoms with Crippen molar-refractivity contribution in [2.24, 2.45) is 5.92 Å². The molecule has 0 atom stereocenters. The van der Waals surface area contributed by atoms with Gasteiger partial charge in [-0.3, -0.25) is 19.1 Å². The van der Waals surface area contributed by atoms with Crippen molar-refractivity contribution in [3.63, 3.8) is 0 Å². The molecule has 3 aromatic rings. The number of aryl methyl sites for hydroxylation is 1. The van der Waals surface area contributed by atoms with E-state index >= 15 is 0 Å². The zero-order valence-corrected chi connectivity index (χ0v) is 19.5. The van der Waals surface area contributed by atoms with E-state index in [-0.39, 0.29) is 23.1 Å². The number of nitrogens with zero attached hydrogens (tertiary/aromatic N) is 3. The molecule has 12 heteroatoms. The second-order valence-corrected chi connectivity index (χ2v) is 9.81. The first-order chi connectivity index (χ1) is 14.7. The van der Waals surface area contributed by atoms with Gasteiger partial charge in [0.1, 0.15) is 11.4 Å². The maximum atomic E-state index is 12.7. The first kappa shape index (κ1) is 23.0. The number of nitrogens with one attached hydrogen (secondary N) is 2. The molecule has 9 nitrogen and oxygen atoms in total. The standard InChI is InChI=1S/C19H21ClN6O3S2/c1-9(2)7-26-15(21)14(16(28)23-18(26)29)13(27)8-30-19-25-24-17(31-19)22-11-5-4-10(3)12(20)6-11/h4-6,9H,7-8,21H2,1-3H3,(H,22,24)(H,23,28,29). The summed E-state index contributed by atoms with van der Waals surface area (Å²) in [7, 11) is 0. The first-order valence-electron chi connectivity index (χ1n) is 9.31. The molecule has 0 saturated heterocycles. The van der Waals surface area contributed by atoms with Gasteiger partial charge < -0.3 is 11.1 Å². The molecule has 0 aliphatic heterocycles. The van der Waals surface area contributed by atoms with Gasteiger partial charge in [0.05, 0.1) is 5.75 Å². The number of halogens is 1. The molecule has 2 aromatic heterocycles. The topological polar surface area (TPSA) is 136 Å². The van der Waals surface area contributed by atoms with Crippen molar-refractivity contribution in [1.82, 2.24) is 19.7 Å². The molecule has 0 unspecified atom stereocenters. The lowest BCUT2D eigenvalue weighted by molar-refractivity contribution is 0.102. The molecule has 31 heavy (non-hydrogen) atoms. The van der Waals surface area contributed by atoms with Crippen LogP contribution >= 0.6 is 34.7 Å². The lowest BCUT2D eigenvalue weighted by Crippen LogP contribution is -2.37. The van der Waals surface area contributed by atoms with Crippen LogP contribution in [0.15, 0.2) is 32.1 Å². The zero-order valence-electron chi connectivity index (χ0n) is 17.1. The summed E-state index contributed by atoms with van der Waals surface area (Å²) in [5.74, 6) is -0.572. The van der Waals surface area contributed by atoms with E-state index in [1.807, 2.05) is 32.9 Å². The predicted molar refractivity (Wildman–Crippen MR) is 125 cm³/mol. The number of H-pyrrole nitrogens is 1. The summed E-state index contributed by atoms with van der Waals surface area (Å²) in [6.07, 6.45) is 0. The highest BCUT2D eigenvalue weighted by atomic mass is 35.5. The van der Waals surface area contributed by atoms with Crippen LogP contribution in [0.3, 0.4) is 0 Å². The van der Waals surface area contributed by atoms with Crippen LogP contribution in [0.25, 0.3) is 0 Å². The molecule has 0 bridgehead atoms. The van der Waals surface area contributed by atoms with E-state index in [0.29, 0.717) is 21.0 Å². The number of ketones is 1. The SMILES string of the molecule is Cc1ccc(Nc2nnc(SCC(=O)c3c(N)n(CC(C)C)c(=O)[nH]c3=O)s2)cc1Cl. The summed E-state index contributed by atoms with van der Waals surface area (Å²) in [4.78, 5) is 39.0. The maximum absolute atomic E-state index is 12.7. The van der Waals surface area contributed by atoms with Crippen molar-refractivity contribution in [2.45, 2.75) is 31.7 Å². The second kappa shape index (κ2) is 9.67. The normalized spacial score (nSPS) is 11.1. The number of rotatable bonds is 8. The minimum absolute atomic E-state index is 0.0713. The number of anilines is 3. The second-order valence-electron chi connectivity index (χ2n) is 7.20. The maximum Gasteiger partial charge on any atom is 0.329 e. The minimum Gasteiger partial charge on any atom is -0.384 e. The first-order valence-corrected chi connectivity index (χ1v) is 11.5. The van der Waals surface area contributed by atoms with E-state index in [2.05, 4.69) is 20.5 Å². The van der Waals surface area contributed by atoms with Crippen molar-refractivity contribution in [3.8, 4) is 0 Å². The number of nitrogens with two attached hydrogens (primary N) is 1. The van der Waals surface area contributed by atoms with E-state index in [1.54, 1.807) is 6.07 Å². The number of benzene rings is 1. The fourth-order valence-corrected chi connectivity index (χ4v) is 4.54. The molecule has 164 valence electrons. The van der Waals surface area contributed by atoms with Crippen LogP contribution in [-0.4, -0.2) is 31.3 Å². The highest BCUT2D eigenvalue weighted by molar-refractivity contribution is 8.01. The Labute approximate surface area is 191 Å². The molecular formula is C19H21ClN6O3S2. The third-order valence-corrected chi connectivity index (χ3v) is 6.60. The molecule has 0 aliphatic carbocycles. The Kier molecular flexibility index (Phi) is 7.19. The Hall–Kier alpha value is -2.63. The number of thioether (sulfide) groups is 1. The van der Waals surface area contributed by atoms with Crippen molar-refractivity contribution < 1.29 is 4.79 Å². The van der Waals surface area contributed by atoms with Crippen molar-refractivity contribution in [1.29, 1.82) is 0 Å². The summed E-state index contributed by atoms with van der Waals surface area (Å²) < 4.78 is 1.75. The lowest BCUT2D eigenvalue weighted by atomic mass is 10.2. The summed E-state index contributed by atoms with van der Waals surface area (Å²) in [5.41, 5.74) is 6.08. The van der Waals surface area contributed by atoms with Crippen LogP contribution in [0.4, 0.5) is 16.6 Å². The van der Waals surface area contributed by atoms with Crippen molar-refractivity contribution in [3.05, 3.63) is 55.2 Å².